The average Bonchev–Trinajstić information content (AvgIpc) is 3.11. The summed E-state index contributed by atoms with van der Waals surface area (Å²) in [4.78, 5) is 8.74. The van der Waals surface area contributed by atoms with E-state index in [0.717, 1.165) is 29.6 Å². The maximum absolute atomic E-state index is 5.16. The number of rotatable bonds is 7. The summed E-state index contributed by atoms with van der Waals surface area (Å²) in [5.74, 6) is 2.96. The highest BCUT2D eigenvalue weighted by molar-refractivity contribution is 7.99. The van der Waals surface area contributed by atoms with Crippen LogP contribution in [0.15, 0.2) is 29.3 Å². The van der Waals surface area contributed by atoms with Crippen LogP contribution in [0.2, 0.25) is 0 Å². The van der Waals surface area contributed by atoms with Gasteiger partial charge in [-0.25, -0.2) is 4.98 Å². The third-order valence-corrected chi connectivity index (χ3v) is 5.01. The van der Waals surface area contributed by atoms with Crippen LogP contribution >= 0.6 is 11.8 Å². The van der Waals surface area contributed by atoms with Crippen molar-refractivity contribution >= 4 is 17.7 Å². The van der Waals surface area contributed by atoms with E-state index in [1.165, 1.54) is 0 Å². The fourth-order valence-corrected chi connectivity index (χ4v) is 2.22. The lowest BCUT2D eigenvalue weighted by atomic mass is 10.2. The van der Waals surface area contributed by atoms with Gasteiger partial charge in [0.1, 0.15) is 11.6 Å². The number of aliphatic imine (C=N–C) groups is 1. The lowest BCUT2D eigenvalue weighted by Crippen LogP contribution is -2.43. The van der Waals surface area contributed by atoms with Crippen molar-refractivity contribution in [3.63, 3.8) is 0 Å². The Balaban J connectivity index is 1.91. The van der Waals surface area contributed by atoms with Gasteiger partial charge in [0.15, 0.2) is 11.8 Å². The quantitative estimate of drug-likeness (QED) is 0.517. The summed E-state index contributed by atoms with van der Waals surface area (Å²) >= 11 is 1.81. The van der Waals surface area contributed by atoms with E-state index in [1.807, 2.05) is 36.0 Å². The molecule has 0 amide bonds. The number of aromatic amines is 1. The molecule has 1 aromatic heterocycles. The number of nitrogens with zero attached hydrogens (tertiary/aromatic N) is 3. The molecule has 0 bridgehead atoms. The molecule has 0 unspecified atom stereocenters. The number of guanidine groups is 1. The first-order chi connectivity index (χ1) is 12.0. The van der Waals surface area contributed by atoms with Gasteiger partial charge in [-0.05, 0) is 44.4 Å². The summed E-state index contributed by atoms with van der Waals surface area (Å²) in [5.41, 5.74) is 0.938. The predicted molar refractivity (Wildman–Crippen MR) is 104 cm³/mol. The summed E-state index contributed by atoms with van der Waals surface area (Å²) in [5, 5.41) is 13.8. The SMILES string of the molecule is CN=C(NCc1nc(-c2ccc(OC)cc2)n[nH]1)NCC(C)(C)SC. The van der Waals surface area contributed by atoms with Crippen LogP contribution in [0.3, 0.4) is 0 Å². The Kier molecular flexibility index (Phi) is 6.69. The van der Waals surface area contributed by atoms with E-state index in [9.17, 15) is 0 Å². The molecule has 25 heavy (non-hydrogen) atoms. The molecule has 2 rings (SSSR count). The Hall–Kier alpha value is -2.22. The highest BCUT2D eigenvalue weighted by Crippen LogP contribution is 2.20. The van der Waals surface area contributed by atoms with Gasteiger partial charge < -0.3 is 15.4 Å². The molecule has 8 heteroatoms. The van der Waals surface area contributed by atoms with E-state index < -0.39 is 0 Å². The number of nitrogens with one attached hydrogen (secondary N) is 3. The van der Waals surface area contributed by atoms with E-state index in [1.54, 1.807) is 14.2 Å². The summed E-state index contributed by atoms with van der Waals surface area (Å²) in [6.07, 6.45) is 2.10. The summed E-state index contributed by atoms with van der Waals surface area (Å²) in [6, 6.07) is 7.65. The van der Waals surface area contributed by atoms with Crippen LogP contribution in [0.25, 0.3) is 11.4 Å². The van der Waals surface area contributed by atoms with Crippen LogP contribution in [-0.4, -0.2) is 52.8 Å². The van der Waals surface area contributed by atoms with Crippen molar-refractivity contribution in [3.05, 3.63) is 30.1 Å². The average molecular weight is 363 g/mol. The second kappa shape index (κ2) is 8.75. The molecule has 1 aromatic carbocycles. The zero-order valence-electron chi connectivity index (χ0n) is 15.4. The Bertz CT molecular complexity index is 695. The van der Waals surface area contributed by atoms with Crippen LogP contribution in [0, 0.1) is 0 Å². The van der Waals surface area contributed by atoms with E-state index >= 15 is 0 Å². The first kappa shape index (κ1) is 19.1. The van der Waals surface area contributed by atoms with Gasteiger partial charge in [-0.2, -0.15) is 16.9 Å². The van der Waals surface area contributed by atoms with Gasteiger partial charge in [0.25, 0.3) is 0 Å². The van der Waals surface area contributed by atoms with Crippen molar-refractivity contribution < 1.29 is 4.74 Å². The smallest absolute Gasteiger partial charge is 0.191 e. The molecule has 2 aromatic rings. The van der Waals surface area contributed by atoms with Crippen molar-refractivity contribution in [1.82, 2.24) is 25.8 Å². The summed E-state index contributed by atoms with van der Waals surface area (Å²) in [7, 11) is 3.40. The molecule has 7 nitrogen and oxygen atoms in total. The minimum Gasteiger partial charge on any atom is -0.497 e. The van der Waals surface area contributed by atoms with Gasteiger partial charge in [0, 0.05) is 23.9 Å². The second-order valence-corrected chi connectivity index (χ2v) is 7.59. The number of hydrogen-bond donors (Lipinski definition) is 3. The summed E-state index contributed by atoms with van der Waals surface area (Å²) < 4.78 is 5.31. The molecule has 0 saturated heterocycles. The number of methoxy groups -OCH3 is 1. The van der Waals surface area contributed by atoms with Crippen LogP contribution in [-0.2, 0) is 6.54 Å². The lowest BCUT2D eigenvalue weighted by Gasteiger charge is -2.23. The first-order valence-corrected chi connectivity index (χ1v) is 9.25. The number of hydrogen-bond acceptors (Lipinski definition) is 5. The molecule has 0 aliphatic rings. The zero-order valence-corrected chi connectivity index (χ0v) is 16.2. The molecule has 3 N–H and O–H groups in total. The Morgan fingerprint density at radius 1 is 1.28 bits per heavy atom. The molecular formula is C17H26N6OS. The van der Waals surface area contributed by atoms with E-state index in [0.29, 0.717) is 12.4 Å². The van der Waals surface area contributed by atoms with Gasteiger partial charge in [-0.15, -0.1) is 0 Å². The Labute approximate surface area is 153 Å². The fourth-order valence-electron chi connectivity index (χ4n) is 2.00. The number of H-pyrrole nitrogens is 1. The Morgan fingerprint density at radius 3 is 2.60 bits per heavy atom. The lowest BCUT2D eigenvalue weighted by molar-refractivity contribution is 0.415. The molecular weight excluding hydrogens is 336 g/mol. The molecule has 0 fully saturated rings. The molecule has 0 saturated carbocycles. The minimum absolute atomic E-state index is 0.144. The molecule has 136 valence electrons. The normalized spacial score (nSPS) is 12.1. The second-order valence-electron chi connectivity index (χ2n) is 6.08. The van der Waals surface area contributed by atoms with Gasteiger partial charge in [-0.1, -0.05) is 0 Å². The number of thioether (sulfide) groups is 1. The Morgan fingerprint density at radius 2 is 2.00 bits per heavy atom. The standard InChI is InChI=1S/C17H26N6OS/c1-17(2,25-5)11-20-16(18-3)19-10-14-21-15(23-22-14)12-6-8-13(24-4)9-7-12/h6-9H,10-11H2,1-5H3,(H2,18,19,20)(H,21,22,23). The van der Waals surface area contributed by atoms with Gasteiger partial charge in [0.05, 0.1) is 13.7 Å². The van der Waals surface area contributed by atoms with E-state index in [4.69, 9.17) is 4.74 Å². The van der Waals surface area contributed by atoms with Crippen LogP contribution in [0.4, 0.5) is 0 Å². The maximum atomic E-state index is 5.16. The van der Waals surface area contributed by atoms with Crippen molar-refractivity contribution in [2.45, 2.75) is 25.1 Å². The molecule has 1 heterocycles. The van der Waals surface area contributed by atoms with Crippen LogP contribution < -0.4 is 15.4 Å². The van der Waals surface area contributed by atoms with Crippen molar-refractivity contribution in [2.24, 2.45) is 4.99 Å². The number of benzene rings is 1. The molecule has 0 aliphatic heterocycles. The number of ether oxygens (including phenoxy) is 1. The molecule has 0 atom stereocenters. The minimum atomic E-state index is 0.144. The van der Waals surface area contributed by atoms with Crippen molar-refractivity contribution in [1.29, 1.82) is 0 Å². The fraction of sp³-hybridized carbons (Fsp3) is 0.471. The van der Waals surface area contributed by atoms with Gasteiger partial charge in [0.2, 0.25) is 0 Å². The van der Waals surface area contributed by atoms with E-state index in [2.05, 4.69) is 50.9 Å². The van der Waals surface area contributed by atoms with Gasteiger partial charge in [-0.3, -0.25) is 10.1 Å². The van der Waals surface area contributed by atoms with E-state index in [-0.39, 0.29) is 4.75 Å². The zero-order chi connectivity index (χ0) is 18.3. The van der Waals surface area contributed by atoms with Crippen molar-refractivity contribution in [3.8, 4) is 17.1 Å². The maximum Gasteiger partial charge on any atom is 0.191 e. The summed E-state index contributed by atoms with van der Waals surface area (Å²) in [6.45, 7) is 5.72. The predicted octanol–water partition coefficient (Wildman–Crippen LogP) is 2.29. The monoisotopic (exact) mass is 362 g/mol. The molecule has 0 spiro atoms. The van der Waals surface area contributed by atoms with Crippen molar-refractivity contribution in [2.75, 3.05) is 27.0 Å². The first-order valence-electron chi connectivity index (χ1n) is 8.03. The topological polar surface area (TPSA) is 87.2 Å². The number of aromatic nitrogens is 3. The van der Waals surface area contributed by atoms with Crippen LogP contribution in [0.5, 0.6) is 5.75 Å². The van der Waals surface area contributed by atoms with Gasteiger partial charge >= 0.3 is 0 Å². The molecule has 0 radical (unpaired) electrons. The third kappa shape index (κ3) is 5.67. The largest absolute Gasteiger partial charge is 0.497 e. The van der Waals surface area contributed by atoms with Crippen LogP contribution in [0.1, 0.15) is 19.7 Å². The molecule has 0 aliphatic carbocycles. The highest BCUT2D eigenvalue weighted by Gasteiger charge is 2.16. The third-order valence-electron chi connectivity index (χ3n) is 3.76. The highest BCUT2D eigenvalue weighted by atomic mass is 32.2.